The Hall–Kier alpha value is -2.73. The van der Waals surface area contributed by atoms with E-state index < -0.39 is 0 Å². The number of hydrogen-bond acceptors (Lipinski definition) is 3. The fourth-order valence-corrected chi connectivity index (χ4v) is 3.62. The van der Waals surface area contributed by atoms with E-state index in [0.29, 0.717) is 11.3 Å². The highest BCUT2D eigenvalue weighted by Gasteiger charge is 2.21. The van der Waals surface area contributed by atoms with Crippen molar-refractivity contribution in [1.82, 2.24) is 5.32 Å². The minimum atomic E-state index is -0.202. The first-order valence-corrected chi connectivity index (χ1v) is 10.0. The zero-order valence-electron chi connectivity index (χ0n) is 16.0. The van der Waals surface area contributed by atoms with E-state index in [2.05, 4.69) is 16.0 Å². The summed E-state index contributed by atoms with van der Waals surface area (Å²) in [7, 11) is 0. The van der Waals surface area contributed by atoms with Crippen LogP contribution in [0.3, 0.4) is 0 Å². The molecule has 1 aliphatic carbocycles. The van der Waals surface area contributed by atoms with Crippen LogP contribution in [0.4, 0.5) is 11.4 Å². The van der Waals surface area contributed by atoms with Gasteiger partial charge in [-0.15, -0.1) is 0 Å². The van der Waals surface area contributed by atoms with Gasteiger partial charge in [0.05, 0.1) is 0 Å². The van der Waals surface area contributed by atoms with Crippen LogP contribution in [0.25, 0.3) is 0 Å². The highest BCUT2D eigenvalue weighted by molar-refractivity contribution is 7.80. The quantitative estimate of drug-likeness (QED) is 0.660. The van der Waals surface area contributed by atoms with Crippen molar-refractivity contribution in [3.8, 4) is 0 Å². The number of aryl methyl sites for hydroxylation is 1. The molecule has 1 saturated carbocycles. The maximum Gasteiger partial charge on any atom is 0.255 e. The molecule has 6 heteroatoms. The van der Waals surface area contributed by atoms with Gasteiger partial charge in [0.2, 0.25) is 5.91 Å². The lowest BCUT2D eigenvalue weighted by atomic mass is 9.89. The number of carbonyl (C=O) groups excluding carboxylic acids is 2. The average molecular weight is 396 g/mol. The van der Waals surface area contributed by atoms with E-state index in [1.165, 1.54) is 6.42 Å². The molecule has 1 aliphatic rings. The molecule has 0 aromatic heterocycles. The molecule has 2 aromatic carbocycles. The summed E-state index contributed by atoms with van der Waals surface area (Å²) in [5.74, 6) is -0.183. The van der Waals surface area contributed by atoms with Crippen molar-refractivity contribution in [2.75, 3.05) is 10.6 Å². The molecular formula is C22H25N3O2S. The maximum absolute atomic E-state index is 12.5. The summed E-state index contributed by atoms with van der Waals surface area (Å²) in [5, 5.41) is 8.92. The minimum Gasteiger partial charge on any atom is -0.332 e. The first-order chi connectivity index (χ1) is 13.5. The highest BCUT2D eigenvalue weighted by Crippen LogP contribution is 2.23. The Morgan fingerprint density at radius 2 is 1.61 bits per heavy atom. The summed E-state index contributed by atoms with van der Waals surface area (Å²) in [4.78, 5) is 24.8. The highest BCUT2D eigenvalue weighted by atomic mass is 32.1. The number of rotatable bonds is 4. The van der Waals surface area contributed by atoms with Crippen LogP contribution in [0.15, 0.2) is 48.5 Å². The van der Waals surface area contributed by atoms with Crippen molar-refractivity contribution in [2.24, 2.45) is 5.92 Å². The minimum absolute atomic E-state index is 0.0226. The van der Waals surface area contributed by atoms with E-state index in [4.69, 9.17) is 12.2 Å². The molecule has 146 valence electrons. The van der Waals surface area contributed by atoms with E-state index in [9.17, 15) is 9.59 Å². The Labute approximate surface area is 170 Å². The van der Waals surface area contributed by atoms with E-state index in [0.717, 1.165) is 36.9 Å². The molecule has 28 heavy (non-hydrogen) atoms. The van der Waals surface area contributed by atoms with E-state index in [1.807, 2.05) is 37.3 Å². The van der Waals surface area contributed by atoms with Gasteiger partial charge >= 0.3 is 0 Å². The van der Waals surface area contributed by atoms with Crippen LogP contribution in [0.1, 0.15) is 48.0 Å². The third-order valence-corrected chi connectivity index (χ3v) is 5.08. The van der Waals surface area contributed by atoms with Crippen molar-refractivity contribution in [1.29, 1.82) is 0 Å². The number of amides is 2. The van der Waals surface area contributed by atoms with Gasteiger partial charge in [0.25, 0.3) is 5.91 Å². The summed E-state index contributed by atoms with van der Waals surface area (Å²) in [5.41, 5.74) is 2.99. The molecule has 0 radical (unpaired) electrons. The average Bonchev–Trinajstić information content (AvgIpc) is 2.68. The smallest absolute Gasteiger partial charge is 0.255 e. The number of nitrogens with one attached hydrogen (secondary N) is 3. The normalized spacial score (nSPS) is 14.2. The van der Waals surface area contributed by atoms with Crippen LogP contribution >= 0.6 is 12.2 Å². The van der Waals surface area contributed by atoms with Gasteiger partial charge in [-0.2, -0.15) is 0 Å². The van der Waals surface area contributed by atoms with E-state index >= 15 is 0 Å². The summed E-state index contributed by atoms with van der Waals surface area (Å²) in [6.45, 7) is 1.97. The van der Waals surface area contributed by atoms with Gasteiger partial charge in [0.15, 0.2) is 5.11 Å². The van der Waals surface area contributed by atoms with Crippen LogP contribution < -0.4 is 16.0 Å². The molecule has 0 heterocycles. The van der Waals surface area contributed by atoms with Crippen LogP contribution in [0.2, 0.25) is 0 Å². The van der Waals surface area contributed by atoms with Gasteiger partial charge in [-0.1, -0.05) is 37.5 Å². The maximum atomic E-state index is 12.5. The molecule has 0 unspecified atom stereocenters. The van der Waals surface area contributed by atoms with Gasteiger partial charge in [0.1, 0.15) is 0 Å². The lowest BCUT2D eigenvalue weighted by molar-refractivity contribution is -0.124. The summed E-state index contributed by atoms with van der Waals surface area (Å²) in [6, 6.07) is 14.7. The Kier molecular flexibility index (Phi) is 6.76. The summed E-state index contributed by atoms with van der Waals surface area (Å²) < 4.78 is 0. The van der Waals surface area contributed by atoms with Crippen LogP contribution in [-0.4, -0.2) is 16.9 Å². The number of benzene rings is 2. The molecule has 0 spiro atoms. The molecular weight excluding hydrogens is 370 g/mol. The standard InChI is InChI=1S/C22H25N3O2S/c1-15-7-5-11-18(13-15)23-21(27)17-10-6-12-19(14-17)24-22(28)25-20(26)16-8-3-2-4-9-16/h5-7,10-14,16H,2-4,8-9H2,1H3,(H,23,27)(H2,24,25,26,28). The van der Waals surface area contributed by atoms with Crippen molar-refractivity contribution in [3.05, 3.63) is 59.7 Å². The molecule has 0 saturated heterocycles. The van der Waals surface area contributed by atoms with Crippen molar-refractivity contribution >= 4 is 40.5 Å². The lowest BCUT2D eigenvalue weighted by Gasteiger charge is -2.21. The predicted octanol–water partition coefficient (Wildman–Crippen LogP) is 4.64. The first kappa shape index (κ1) is 20.0. The van der Waals surface area contributed by atoms with Gasteiger partial charge in [-0.3, -0.25) is 9.59 Å². The van der Waals surface area contributed by atoms with Gasteiger partial charge < -0.3 is 16.0 Å². The molecule has 1 fully saturated rings. The van der Waals surface area contributed by atoms with Crippen molar-refractivity contribution in [2.45, 2.75) is 39.0 Å². The second kappa shape index (κ2) is 9.46. The first-order valence-electron chi connectivity index (χ1n) is 9.61. The fraction of sp³-hybridized carbons (Fsp3) is 0.318. The Bertz CT molecular complexity index is 876. The second-order valence-corrected chi connectivity index (χ2v) is 7.59. The van der Waals surface area contributed by atoms with E-state index in [-0.39, 0.29) is 22.8 Å². The van der Waals surface area contributed by atoms with Crippen LogP contribution in [0, 0.1) is 12.8 Å². The molecule has 2 amide bonds. The molecule has 2 aromatic rings. The predicted molar refractivity (Wildman–Crippen MR) is 117 cm³/mol. The van der Waals surface area contributed by atoms with Gasteiger partial charge in [0, 0.05) is 22.9 Å². The number of hydrogen-bond donors (Lipinski definition) is 3. The Morgan fingerprint density at radius 3 is 2.32 bits per heavy atom. The van der Waals surface area contributed by atoms with Crippen molar-refractivity contribution < 1.29 is 9.59 Å². The third-order valence-electron chi connectivity index (χ3n) is 4.87. The number of carbonyl (C=O) groups is 2. The zero-order chi connectivity index (χ0) is 19.9. The Morgan fingerprint density at radius 1 is 0.929 bits per heavy atom. The molecule has 3 rings (SSSR count). The van der Waals surface area contributed by atoms with Crippen molar-refractivity contribution in [3.63, 3.8) is 0 Å². The molecule has 5 nitrogen and oxygen atoms in total. The SMILES string of the molecule is Cc1cccc(NC(=O)c2cccc(NC(=S)NC(=O)C3CCCCC3)c2)c1. The van der Waals surface area contributed by atoms with Gasteiger partial charge in [-0.05, 0) is 67.9 Å². The number of thiocarbonyl (C=S) groups is 1. The summed E-state index contributed by atoms with van der Waals surface area (Å²) >= 11 is 5.27. The van der Waals surface area contributed by atoms with Gasteiger partial charge in [-0.25, -0.2) is 0 Å². The van der Waals surface area contributed by atoms with Crippen LogP contribution in [0.5, 0.6) is 0 Å². The monoisotopic (exact) mass is 395 g/mol. The second-order valence-electron chi connectivity index (χ2n) is 7.18. The number of anilines is 2. The molecule has 0 aliphatic heterocycles. The molecule has 0 atom stereocenters. The molecule has 0 bridgehead atoms. The lowest BCUT2D eigenvalue weighted by Crippen LogP contribution is -2.39. The van der Waals surface area contributed by atoms with Crippen LogP contribution in [-0.2, 0) is 4.79 Å². The molecule has 3 N–H and O–H groups in total. The fourth-order valence-electron chi connectivity index (χ4n) is 3.41. The Balaban J connectivity index is 1.58. The van der Waals surface area contributed by atoms with E-state index in [1.54, 1.807) is 18.2 Å². The largest absolute Gasteiger partial charge is 0.332 e. The third kappa shape index (κ3) is 5.63. The zero-order valence-corrected chi connectivity index (χ0v) is 16.8. The topological polar surface area (TPSA) is 70.2 Å². The summed E-state index contributed by atoms with van der Waals surface area (Å²) in [6.07, 6.45) is 5.22.